The van der Waals surface area contributed by atoms with Gasteiger partial charge in [-0.2, -0.15) is 0 Å². The molecule has 2 atom stereocenters. The lowest BCUT2D eigenvalue weighted by molar-refractivity contribution is -0.0650. The van der Waals surface area contributed by atoms with E-state index in [0.29, 0.717) is 0 Å². The molecule has 72 valence electrons. The second-order valence-electron chi connectivity index (χ2n) is 3.62. The molecule has 1 rings (SSSR count). The molecule has 0 radical (unpaired) electrons. The summed E-state index contributed by atoms with van der Waals surface area (Å²) in [5.41, 5.74) is 0. The molecule has 2 N–H and O–H groups in total. The van der Waals surface area contributed by atoms with Gasteiger partial charge in [0.1, 0.15) is 0 Å². The average molecular weight is 173 g/mol. The molecule has 0 bridgehead atoms. The van der Waals surface area contributed by atoms with Crippen molar-refractivity contribution in [1.29, 1.82) is 0 Å². The highest BCUT2D eigenvalue weighted by Gasteiger charge is 2.22. The summed E-state index contributed by atoms with van der Waals surface area (Å²) in [7, 11) is 0. The van der Waals surface area contributed by atoms with Crippen molar-refractivity contribution in [2.75, 3.05) is 13.1 Å². The molecule has 0 aliphatic carbocycles. The zero-order valence-electron chi connectivity index (χ0n) is 7.92. The zero-order valence-corrected chi connectivity index (χ0v) is 7.92. The summed E-state index contributed by atoms with van der Waals surface area (Å²) in [6.45, 7) is 5.86. The van der Waals surface area contributed by atoms with Gasteiger partial charge in [-0.25, -0.2) is 0 Å². The largest absolute Gasteiger partial charge is 0.390 e. The summed E-state index contributed by atoms with van der Waals surface area (Å²) in [5.74, 6) is 0. The second kappa shape index (κ2) is 4.80. The van der Waals surface area contributed by atoms with E-state index in [2.05, 4.69) is 5.32 Å². The minimum atomic E-state index is -0.289. The van der Waals surface area contributed by atoms with Crippen LogP contribution in [-0.4, -0.2) is 36.5 Å². The summed E-state index contributed by atoms with van der Waals surface area (Å²) in [6.07, 6.45) is 1.67. The standard InChI is InChI=1S/C9H19NO2/c1-7(2)12-9-4-6-10-5-3-8(9)11/h7-11H,3-6H2,1-2H3. The van der Waals surface area contributed by atoms with Gasteiger partial charge in [0.05, 0.1) is 18.3 Å². The van der Waals surface area contributed by atoms with Gasteiger partial charge in [0, 0.05) is 0 Å². The van der Waals surface area contributed by atoms with Crippen LogP contribution in [-0.2, 0) is 4.74 Å². The number of aliphatic hydroxyl groups excluding tert-OH is 1. The van der Waals surface area contributed by atoms with Gasteiger partial charge >= 0.3 is 0 Å². The SMILES string of the molecule is CC(C)OC1CCNCCC1O. The third-order valence-corrected chi connectivity index (χ3v) is 2.10. The van der Waals surface area contributed by atoms with Gasteiger partial charge in [-0.3, -0.25) is 0 Å². The summed E-state index contributed by atoms with van der Waals surface area (Å²) in [6, 6.07) is 0. The van der Waals surface area contributed by atoms with Crippen LogP contribution in [0, 0.1) is 0 Å². The van der Waals surface area contributed by atoms with Crippen LogP contribution in [0.15, 0.2) is 0 Å². The Labute approximate surface area is 74.1 Å². The molecule has 3 nitrogen and oxygen atoms in total. The molecule has 0 aromatic rings. The predicted octanol–water partition coefficient (Wildman–Crippen LogP) is 0.524. The molecule has 1 saturated heterocycles. The van der Waals surface area contributed by atoms with Gasteiger partial charge in [0.25, 0.3) is 0 Å². The van der Waals surface area contributed by atoms with E-state index in [4.69, 9.17) is 4.74 Å². The quantitative estimate of drug-likeness (QED) is 0.640. The van der Waals surface area contributed by atoms with Gasteiger partial charge < -0.3 is 15.2 Å². The molecule has 0 aromatic carbocycles. The molecule has 2 unspecified atom stereocenters. The highest BCUT2D eigenvalue weighted by Crippen LogP contribution is 2.12. The third-order valence-electron chi connectivity index (χ3n) is 2.10. The van der Waals surface area contributed by atoms with Gasteiger partial charge in [0.2, 0.25) is 0 Å². The number of nitrogens with one attached hydrogen (secondary N) is 1. The summed E-state index contributed by atoms with van der Waals surface area (Å²) in [4.78, 5) is 0. The smallest absolute Gasteiger partial charge is 0.0849 e. The number of hydrogen-bond acceptors (Lipinski definition) is 3. The van der Waals surface area contributed by atoms with Crippen molar-refractivity contribution in [1.82, 2.24) is 5.32 Å². The highest BCUT2D eigenvalue weighted by atomic mass is 16.5. The Balaban J connectivity index is 2.36. The Kier molecular flexibility index (Phi) is 3.98. The van der Waals surface area contributed by atoms with E-state index >= 15 is 0 Å². The topological polar surface area (TPSA) is 41.5 Å². The predicted molar refractivity (Wildman–Crippen MR) is 48.1 cm³/mol. The van der Waals surface area contributed by atoms with Crippen LogP contribution in [0.1, 0.15) is 26.7 Å². The normalized spacial score (nSPS) is 32.0. The molecule has 1 aliphatic rings. The lowest BCUT2D eigenvalue weighted by Gasteiger charge is -2.22. The maximum Gasteiger partial charge on any atom is 0.0849 e. The molecule has 1 heterocycles. The number of aliphatic hydroxyl groups is 1. The molecule has 0 amide bonds. The monoisotopic (exact) mass is 173 g/mol. The minimum Gasteiger partial charge on any atom is -0.390 e. The van der Waals surface area contributed by atoms with E-state index in [9.17, 15) is 5.11 Å². The number of ether oxygens (including phenoxy) is 1. The van der Waals surface area contributed by atoms with Crippen LogP contribution in [0.4, 0.5) is 0 Å². The van der Waals surface area contributed by atoms with Crippen LogP contribution in [0.5, 0.6) is 0 Å². The molecule has 0 aromatic heterocycles. The molecule has 1 aliphatic heterocycles. The van der Waals surface area contributed by atoms with Gasteiger partial charge in [-0.05, 0) is 39.8 Å². The Morgan fingerprint density at radius 2 is 2.00 bits per heavy atom. The zero-order chi connectivity index (χ0) is 8.97. The highest BCUT2D eigenvalue weighted by molar-refractivity contribution is 4.75. The fraction of sp³-hybridized carbons (Fsp3) is 1.00. The summed E-state index contributed by atoms with van der Waals surface area (Å²) >= 11 is 0. The van der Waals surface area contributed by atoms with Crippen LogP contribution < -0.4 is 5.32 Å². The molecular weight excluding hydrogens is 154 g/mol. The first kappa shape index (κ1) is 9.96. The van der Waals surface area contributed by atoms with Crippen molar-refractivity contribution < 1.29 is 9.84 Å². The van der Waals surface area contributed by atoms with Gasteiger partial charge in [-0.1, -0.05) is 0 Å². The van der Waals surface area contributed by atoms with Gasteiger partial charge in [-0.15, -0.1) is 0 Å². The van der Waals surface area contributed by atoms with Gasteiger partial charge in [0.15, 0.2) is 0 Å². The Morgan fingerprint density at radius 3 is 2.67 bits per heavy atom. The Hall–Kier alpha value is -0.120. The fourth-order valence-electron chi connectivity index (χ4n) is 1.51. The maximum atomic E-state index is 9.63. The van der Waals surface area contributed by atoms with E-state index in [1.54, 1.807) is 0 Å². The van der Waals surface area contributed by atoms with Crippen molar-refractivity contribution >= 4 is 0 Å². The maximum absolute atomic E-state index is 9.63. The first-order chi connectivity index (χ1) is 5.70. The van der Waals surface area contributed by atoms with E-state index in [1.807, 2.05) is 13.8 Å². The lowest BCUT2D eigenvalue weighted by Crippen LogP contribution is -2.31. The molecular formula is C9H19NO2. The molecule has 3 heteroatoms. The lowest BCUT2D eigenvalue weighted by atomic mass is 10.1. The molecule has 0 spiro atoms. The van der Waals surface area contributed by atoms with Crippen molar-refractivity contribution in [3.8, 4) is 0 Å². The van der Waals surface area contributed by atoms with E-state index in [0.717, 1.165) is 25.9 Å². The number of rotatable bonds is 2. The minimum absolute atomic E-state index is 0.0278. The summed E-state index contributed by atoms with van der Waals surface area (Å²) in [5, 5.41) is 12.9. The van der Waals surface area contributed by atoms with Crippen LogP contribution in [0.25, 0.3) is 0 Å². The van der Waals surface area contributed by atoms with E-state index < -0.39 is 0 Å². The Morgan fingerprint density at radius 1 is 1.33 bits per heavy atom. The second-order valence-corrected chi connectivity index (χ2v) is 3.62. The molecule has 1 fully saturated rings. The molecule has 0 saturated carbocycles. The number of hydrogen-bond donors (Lipinski definition) is 2. The van der Waals surface area contributed by atoms with Crippen molar-refractivity contribution in [2.45, 2.75) is 45.0 Å². The van der Waals surface area contributed by atoms with Crippen molar-refractivity contribution in [2.24, 2.45) is 0 Å². The van der Waals surface area contributed by atoms with E-state index in [-0.39, 0.29) is 18.3 Å². The van der Waals surface area contributed by atoms with Crippen molar-refractivity contribution in [3.05, 3.63) is 0 Å². The first-order valence-electron chi connectivity index (χ1n) is 4.74. The van der Waals surface area contributed by atoms with Crippen LogP contribution in [0.2, 0.25) is 0 Å². The average Bonchev–Trinajstić information content (AvgIpc) is 2.16. The fourth-order valence-corrected chi connectivity index (χ4v) is 1.51. The molecule has 12 heavy (non-hydrogen) atoms. The summed E-state index contributed by atoms with van der Waals surface area (Å²) < 4.78 is 5.59. The van der Waals surface area contributed by atoms with E-state index in [1.165, 1.54) is 0 Å². The van der Waals surface area contributed by atoms with Crippen LogP contribution >= 0.6 is 0 Å². The third kappa shape index (κ3) is 3.09. The first-order valence-corrected chi connectivity index (χ1v) is 4.74. The van der Waals surface area contributed by atoms with Crippen LogP contribution in [0.3, 0.4) is 0 Å². The van der Waals surface area contributed by atoms with Crippen molar-refractivity contribution in [3.63, 3.8) is 0 Å². The Bertz CT molecular complexity index is 128.